The normalized spacial score (nSPS) is 51.8. The van der Waals surface area contributed by atoms with Crippen LogP contribution in [0.25, 0.3) is 0 Å². The van der Waals surface area contributed by atoms with Crippen molar-refractivity contribution in [1.82, 2.24) is 0 Å². The van der Waals surface area contributed by atoms with Crippen LogP contribution in [0.4, 0.5) is 0 Å². The second kappa shape index (κ2) is 3.23. The minimum absolute atomic E-state index is 0.110. The third-order valence-corrected chi connectivity index (χ3v) is 5.78. The fourth-order valence-corrected chi connectivity index (χ4v) is 5.25. The molecule has 1 heteroatoms. The molecule has 1 N–H and O–H groups in total. The number of hydrogen-bond donors (Lipinski definition) is 1. The molecule has 0 aliphatic heterocycles. The van der Waals surface area contributed by atoms with Crippen molar-refractivity contribution in [2.24, 2.45) is 29.1 Å². The molecule has 0 spiro atoms. The van der Waals surface area contributed by atoms with Crippen LogP contribution in [0.2, 0.25) is 0 Å². The minimum atomic E-state index is -0.110. The minimum Gasteiger partial charge on any atom is -0.393 e. The molecule has 0 aromatic carbocycles. The standard InChI is InChI=1S/C14H24O/c1-9(10(2)15)14-6-11-3-12(7-14)5-13(4-11)8-14/h9-13,15H,3-8H2,1-2H3. The molecule has 4 rings (SSSR count). The van der Waals surface area contributed by atoms with Crippen molar-refractivity contribution in [2.45, 2.75) is 58.5 Å². The van der Waals surface area contributed by atoms with E-state index in [-0.39, 0.29) is 6.10 Å². The molecule has 0 radical (unpaired) electrons. The summed E-state index contributed by atoms with van der Waals surface area (Å²) >= 11 is 0. The Hall–Kier alpha value is -0.0400. The van der Waals surface area contributed by atoms with Crippen molar-refractivity contribution in [3.8, 4) is 0 Å². The summed E-state index contributed by atoms with van der Waals surface area (Å²) < 4.78 is 0. The maximum absolute atomic E-state index is 9.88. The summed E-state index contributed by atoms with van der Waals surface area (Å²) in [5, 5.41) is 9.88. The highest BCUT2D eigenvalue weighted by molar-refractivity contribution is 5.03. The molecule has 4 aliphatic carbocycles. The third-order valence-electron chi connectivity index (χ3n) is 5.78. The van der Waals surface area contributed by atoms with Gasteiger partial charge in [-0.05, 0) is 74.5 Å². The van der Waals surface area contributed by atoms with Crippen LogP contribution in [0.15, 0.2) is 0 Å². The Labute approximate surface area is 93.3 Å². The molecule has 1 nitrogen and oxygen atoms in total. The maximum atomic E-state index is 9.88. The average molecular weight is 208 g/mol. The topological polar surface area (TPSA) is 20.2 Å². The van der Waals surface area contributed by atoms with E-state index < -0.39 is 0 Å². The van der Waals surface area contributed by atoms with Crippen LogP contribution < -0.4 is 0 Å². The van der Waals surface area contributed by atoms with Crippen molar-refractivity contribution in [3.63, 3.8) is 0 Å². The van der Waals surface area contributed by atoms with Gasteiger partial charge in [0.1, 0.15) is 0 Å². The summed E-state index contributed by atoms with van der Waals surface area (Å²) in [6, 6.07) is 0. The van der Waals surface area contributed by atoms with Crippen LogP contribution in [-0.2, 0) is 0 Å². The first-order valence-corrected chi connectivity index (χ1v) is 6.77. The van der Waals surface area contributed by atoms with Gasteiger partial charge in [-0.15, -0.1) is 0 Å². The molecule has 15 heavy (non-hydrogen) atoms. The van der Waals surface area contributed by atoms with Gasteiger partial charge in [0, 0.05) is 0 Å². The first-order valence-electron chi connectivity index (χ1n) is 6.77. The van der Waals surface area contributed by atoms with Gasteiger partial charge in [0.05, 0.1) is 6.10 Å². The largest absolute Gasteiger partial charge is 0.393 e. The second-order valence-corrected chi connectivity index (χ2v) is 6.81. The smallest absolute Gasteiger partial charge is 0.0542 e. The summed E-state index contributed by atoms with van der Waals surface area (Å²) in [7, 11) is 0. The van der Waals surface area contributed by atoms with Crippen LogP contribution in [0.1, 0.15) is 52.4 Å². The highest BCUT2D eigenvalue weighted by atomic mass is 16.3. The lowest BCUT2D eigenvalue weighted by Gasteiger charge is -2.59. The molecule has 0 heterocycles. The Morgan fingerprint density at radius 3 is 1.67 bits per heavy atom. The zero-order valence-electron chi connectivity index (χ0n) is 10.1. The molecule has 86 valence electrons. The molecule has 0 amide bonds. The summed E-state index contributed by atoms with van der Waals surface area (Å²) in [4.78, 5) is 0. The van der Waals surface area contributed by atoms with E-state index in [2.05, 4.69) is 6.92 Å². The number of rotatable bonds is 2. The summed E-state index contributed by atoms with van der Waals surface area (Å²) in [6.07, 6.45) is 8.67. The van der Waals surface area contributed by atoms with Crippen LogP contribution in [0, 0.1) is 29.1 Å². The van der Waals surface area contributed by atoms with Gasteiger partial charge in [-0.2, -0.15) is 0 Å². The summed E-state index contributed by atoms with van der Waals surface area (Å²) in [5.41, 5.74) is 0.531. The Morgan fingerprint density at radius 2 is 1.33 bits per heavy atom. The van der Waals surface area contributed by atoms with Gasteiger partial charge >= 0.3 is 0 Å². The quantitative estimate of drug-likeness (QED) is 0.738. The predicted molar refractivity (Wildman–Crippen MR) is 61.4 cm³/mol. The van der Waals surface area contributed by atoms with Gasteiger partial charge in [0.2, 0.25) is 0 Å². The predicted octanol–water partition coefficient (Wildman–Crippen LogP) is 3.22. The van der Waals surface area contributed by atoms with Gasteiger partial charge in [0.25, 0.3) is 0 Å². The third kappa shape index (κ3) is 1.46. The lowest BCUT2D eigenvalue weighted by Crippen LogP contribution is -2.51. The summed E-state index contributed by atoms with van der Waals surface area (Å²) in [6.45, 7) is 4.28. The number of aliphatic hydroxyl groups excluding tert-OH is 1. The van der Waals surface area contributed by atoms with Crippen LogP contribution in [0.5, 0.6) is 0 Å². The molecular weight excluding hydrogens is 184 g/mol. The van der Waals surface area contributed by atoms with Gasteiger partial charge in [0.15, 0.2) is 0 Å². The molecule has 4 fully saturated rings. The van der Waals surface area contributed by atoms with Crippen LogP contribution in [-0.4, -0.2) is 11.2 Å². The molecule has 4 saturated carbocycles. The van der Waals surface area contributed by atoms with E-state index in [1.54, 1.807) is 0 Å². The van der Waals surface area contributed by atoms with Crippen molar-refractivity contribution < 1.29 is 5.11 Å². The van der Waals surface area contributed by atoms with Crippen molar-refractivity contribution in [3.05, 3.63) is 0 Å². The zero-order chi connectivity index (χ0) is 10.6. The average Bonchev–Trinajstić information content (AvgIpc) is 2.14. The van der Waals surface area contributed by atoms with Gasteiger partial charge < -0.3 is 5.11 Å². The first kappa shape index (κ1) is 10.1. The van der Waals surface area contributed by atoms with Crippen LogP contribution >= 0.6 is 0 Å². The fourth-order valence-electron chi connectivity index (χ4n) is 5.25. The molecule has 0 aromatic rings. The van der Waals surface area contributed by atoms with E-state index >= 15 is 0 Å². The van der Waals surface area contributed by atoms with E-state index in [1.807, 2.05) is 6.92 Å². The second-order valence-electron chi connectivity index (χ2n) is 6.81. The number of aliphatic hydroxyl groups is 1. The Kier molecular flexibility index (Phi) is 2.18. The molecule has 2 unspecified atom stereocenters. The van der Waals surface area contributed by atoms with Gasteiger partial charge in [-0.1, -0.05) is 6.92 Å². The van der Waals surface area contributed by atoms with E-state index in [4.69, 9.17) is 0 Å². The lowest BCUT2D eigenvalue weighted by molar-refractivity contribution is -0.108. The Morgan fingerprint density at radius 1 is 0.933 bits per heavy atom. The monoisotopic (exact) mass is 208 g/mol. The van der Waals surface area contributed by atoms with E-state index in [0.717, 1.165) is 17.8 Å². The van der Waals surface area contributed by atoms with E-state index in [0.29, 0.717) is 11.3 Å². The Balaban J connectivity index is 1.86. The van der Waals surface area contributed by atoms with Gasteiger partial charge in [-0.25, -0.2) is 0 Å². The first-order chi connectivity index (χ1) is 7.09. The molecular formula is C14H24O. The van der Waals surface area contributed by atoms with Crippen molar-refractivity contribution in [2.75, 3.05) is 0 Å². The van der Waals surface area contributed by atoms with E-state index in [1.165, 1.54) is 38.5 Å². The molecule has 4 aliphatic rings. The van der Waals surface area contributed by atoms with Crippen molar-refractivity contribution >= 4 is 0 Å². The highest BCUT2D eigenvalue weighted by Crippen LogP contribution is 2.63. The fraction of sp³-hybridized carbons (Fsp3) is 1.00. The molecule has 2 atom stereocenters. The summed E-state index contributed by atoms with van der Waals surface area (Å²) in [5.74, 6) is 3.55. The van der Waals surface area contributed by atoms with Gasteiger partial charge in [-0.3, -0.25) is 0 Å². The SMILES string of the molecule is CC(O)C(C)C12CC3CC(CC(C3)C1)C2. The molecule has 4 bridgehead atoms. The highest BCUT2D eigenvalue weighted by Gasteiger charge is 2.53. The molecule has 0 saturated heterocycles. The Bertz CT molecular complexity index is 221. The number of hydrogen-bond acceptors (Lipinski definition) is 1. The maximum Gasteiger partial charge on any atom is 0.0542 e. The zero-order valence-corrected chi connectivity index (χ0v) is 10.1. The van der Waals surface area contributed by atoms with Crippen LogP contribution in [0.3, 0.4) is 0 Å². The lowest BCUT2D eigenvalue weighted by atomic mass is 9.46. The molecule has 0 aromatic heterocycles. The van der Waals surface area contributed by atoms with E-state index in [9.17, 15) is 5.11 Å². The van der Waals surface area contributed by atoms with Crippen molar-refractivity contribution in [1.29, 1.82) is 0 Å².